The maximum atomic E-state index is 13.0. The number of hydrogen-bond acceptors (Lipinski definition) is 4. The van der Waals surface area contributed by atoms with E-state index in [1.807, 2.05) is 30.3 Å². The van der Waals surface area contributed by atoms with Gasteiger partial charge in [0.05, 0.1) is 5.04 Å². The molecule has 5 nitrogen and oxygen atoms in total. The molecule has 1 fully saturated rings. The van der Waals surface area contributed by atoms with Crippen molar-refractivity contribution in [2.45, 2.75) is 40.5 Å². The number of amides is 1. The Hall–Kier alpha value is -1.21. The summed E-state index contributed by atoms with van der Waals surface area (Å²) in [7, 11) is 0. The third kappa shape index (κ3) is 3.86. The molecular weight excluding hydrogens is 431 g/mol. The third-order valence-electron chi connectivity index (χ3n) is 4.48. The molecule has 0 aliphatic carbocycles. The summed E-state index contributed by atoms with van der Waals surface area (Å²) in [6.45, 7) is 5.29. The van der Waals surface area contributed by atoms with Gasteiger partial charge in [0.1, 0.15) is 5.37 Å². The van der Waals surface area contributed by atoms with Crippen LogP contribution in [0.4, 0.5) is 0 Å². The van der Waals surface area contributed by atoms with Gasteiger partial charge in [-0.25, -0.2) is 4.79 Å². The number of carboxylic acid groups (broad SMARTS) is 1. The number of aliphatic imine (C=N–C) groups is 1. The molecule has 0 radical (unpaired) electrons. The molecule has 1 aromatic carbocycles. The molecule has 0 aromatic heterocycles. The van der Waals surface area contributed by atoms with E-state index in [0.717, 1.165) is 5.56 Å². The van der Waals surface area contributed by atoms with E-state index < -0.39 is 32.6 Å². The number of carbonyl (C=O) groups is 2. The van der Waals surface area contributed by atoms with Gasteiger partial charge in [-0.1, -0.05) is 83.5 Å². The highest BCUT2D eigenvalue weighted by atomic mass is 35.6. The van der Waals surface area contributed by atoms with E-state index in [2.05, 4.69) is 11.6 Å². The van der Waals surface area contributed by atoms with Crippen LogP contribution in [0, 0.1) is 0 Å². The highest BCUT2D eigenvalue weighted by Gasteiger charge is 2.68. The van der Waals surface area contributed by atoms with Gasteiger partial charge in [-0.15, -0.1) is 0 Å². The number of benzene rings is 1. The molecule has 0 spiro atoms. The normalized spacial score (nSPS) is 25.5. The second-order valence-electron chi connectivity index (χ2n) is 6.65. The van der Waals surface area contributed by atoms with Crippen molar-refractivity contribution in [2.24, 2.45) is 4.99 Å². The highest BCUT2D eigenvalue weighted by Crippen LogP contribution is 2.55. The van der Waals surface area contributed by atoms with Gasteiger partial charge in [0.2, 0.25) is 0 Å². The predicted molar refractivity (Wildman–Crippen MR) is 110 cm³/mol. The van der Waals surface area contributed by atoms with Crippen LogP contribution >= 0.6 is 46.6 Å². The Kier molecular flexibility index (Phi) is 5.56. The van der Waals surface area contributed by atoms with Crippen molar-refractivity contribution in [2.75, 3.05) is 0 Å². The Morgan fingerprint density at radius 2 is 2.04 bits per heavy atom. The minimum Gasteiger partial charge on any atom is -0.479 e. The summed E-state index contributed by atoms with van der Waals surface area (Å²) < 4.78 is -1.69. The lowest BCUT2D eigenvalue weighted by molar-refractivity contribution is -0.164. The maximum absolute atomic E-state index is 13.0. The second kappa shape index (κ2) is 7.32. The number of carboxylic acids is 1. The summed E-state index contributed by atoms with van der Waals surface area (Å²) in [6.07, 6.45) is 0.411. The molecular formula is C18H17Cl3N2O3S. The minimum atomic E-state index is -1.69. The lowest BCUT2D eigenvalue weighted by atomic mass is 9.83. The number of likely N-dealkylation sites (tertiary alicyclic amines) is 1. The number of alkyl halides is 3. The van der Waals surface area contributed by atoms with E-state index >= 15 is 0 Å². The number of halogens is 3. The van der Waals surface area contributed by atoms with Gasteiger partial charge < -0.3 is 10.0 Å². The number of β-lactam (4-membered cyclic amide) rings is 1. The standard InChI is InChI=1S/C18H17Cl3N2O3S/c1-10(2)13(14(24)25)23-15(26)17(9-18(19,20)21)16(23)27-12(22-17)8-11-6-4-3-5-7-11/h3-7,13,16H,1,8-9H2,2H3,(H,24,25). The van der Waals surface area contributed by atoms with Crippen LogP contribution in [-0.4, -0.2) is 47.7 Å². The van der Waals surface area contributed by atoms with Crippen molar-refractivity contribution < 1.29 is 14.7 Å². The number of carbonyl (C=O) groups excluding carboxylic acids is 1. The van der Waals surface area contributed by atoms with E-state index in [1.165, 1.54) is 16.7 Å². The van der Waals surface area contributed by atoms with Crippen molar-refractivity contribution in [1.82, 2.24) is 4.90 Å². The molecule has 3 unspecified atom stereocenters. The molecule has 0 bridgehead atoms. The lowest BCUT2D eigenvalue weighted by Gasteiger charge is -2.53. The number of nitrogens with zero attached hydrogens (tertiary/aromatic N) is 2. The second-order valence-corrected chi connectivity index (χ2v) is 10.3. The molecule has 0 saturated carbocycles. The molecule has 1 saturated heterocycles. The van der Waals surface area contributed by atoms with Crippen LogP contribution in [0.15, 0.2) is 47.5 Å². The molecule has 3 rings (SSSR count). The Morgan fingerprint density at radius 1 is 1.41 bits per heavy atom. The van der Waals surface area contributed by atoms with E-state index in [-0.39, 0.29) is 6.42 Å². The smallest absolute Gasteiger partial charge is 0.330 e. The van der Waals surface area contributed by atoms with Crippen molar-refractivity contribution >= 4 is 63.5 Å². The van der Waals surface area contributed by atoms with Crippen molar-refractivity contribution in [3.05, 3.63) is 48.0 Å². The predicted octanol–water partition coefficient (Wildman–Crippen LogP) is 4.07. The first-order valence-electron chi connectivity index (χ1n) is 8.12. The number of rotatable bonds is 6. The number of thioether (sulfide) groups is 1. The molecule has 1 aromatic rings. The molecule has 1 N–H and O–H groups in total. The van der Waals surface area contributed by atoms with Crippen molar-refractivity contribution in [3.8, 4) is 0 Å². The molecule has 27 heavy (non-hydrogen) atoms. The summed E-state index contributed by atoms with van der Waals surface area (Å²) in [4.78, 5) is 30.6. The topological polar surface area (TPSA) is 70.0 Å². The molecule has 2 aliphatic rings. The van der Waals surface area contributed by atoms with E-state index in [4.69, 9.17) is 34.8 Å². The van der Waals surface area contributed by atoms with Gasteiger partial charge in [0, 0.05) is 12.8 Å². The van der Waals surface area contributed by atoms with Crippen LogP contribution in [0.25, 0.3) is 0 Å². The molecule has 3 atom stereocenters. The van der Waals surface area contributed by atoms with Crippen LogP contribution in [0.3, 0.4) is 0 Å². The zero-order valence-electron chi connectivity index (χ0n) is 14.4. The average Bonchev–Trinajstić information content (AvgIpc) is 2.85. The fraction of sp³-hybridized carbons (Fsp3) is 0.389. The summed E-state index contributed by atoms with van der Waals surface area (Å²) in [5, 5.41) is 9.72. The Bertz CT molecular complexity index is 811. The zero-order chi connectivity index (χ0) is 20.0. The molecule has 9 heteroatoms. The minimum absolute atomic E-state index is 0.113. The van der Waals surface area contributed by atoms with Crippen LogP contribution in [-0.2, 0) is 16.0 Å². The van der Waals surface area contributed by atoms with Gasteiger partial charge >= 0.3 is 5.97 Å². The van der Waals surface area contributed by atoms with E-state index in [1.54, 1.807) is 6.92 Å². The van der Waals surface area contributed by atoms with Crippen LogP contribution in [0.5, 0.6) is 0 Å². The van der Waals surface area contributed by atoms with E-state index in [0.29, 0.717) is 17.0 Å². The lowest BCUT2D eigenvalue weighted by Crippen LogP contribution is -2.74. The molecule has 144 valence electrons. The van der Waals surface area contributed by atoms with Crippen LogP contribution < -0.4 is 0 Å². The Morgan fingerprint density at radius 3 is 2.56 bits per heavy atom. The quantitative estimate of drug-likeness (QED) is 0.405. The summed E-state index contributed by atoms with van der Waals surface area (Å²) in [5.74, 6) is -1.60. The number of hydrogen-bond donors (Lipinski definition) is 1. The van der Waals surface area contributed by atoms with Gasteiger partial charge in [0.15, 0.2) is 15.4 Å². The Balaban J connectivity index is 1.93. The third-order valence-corrected chi connectivity index (χ3v) is 6.23. The van der Waals surface area contributed by atoms with Gasteiger partial charge in [-0.3, -0.25) is 9.79 Å². The first-order valence-corrected chi connectivity index (χ1v) is 10.1. The highest BCUT2D eigenvalue weighted by molar-refractivity contribution is 8.15. The van der Waals surface area contributed by atoms with Crippen LogP contribution in [0.2, 0.25) is 0 Å². The summed E-state index contributed by atoms with van der Waals surface area (Å²) >= 11 is 19.3. The van der Waals surface area contributed by atoms with Gasteiger partial charge in [-0.05, 0) is 18.1 Å². The first kappa shape index (κ1) is 20.5. The first-order chi connectivity index (χ1) is 12.5. The van der Waals surface area contributed by atoms with Crippen LogP contribution in [0.1, 0.15) is 18.9 Å². The largest absolute Gasteiger partial charge is 0.479 e. The molecule has 1 amide bonds. The fourth-order valence-electron chi connectivity index (χ4n) is 3.41. The molecule has 2 aliphatic heterocycles. The molecule has 2 heterocycles. The monoisotopic (exact) mass is 446 g/mol. The maximum Gasteiger partial charge on any atom is 0.330 e. The number of aliphatic carboxylic acids is 1. The van der Waals surface area contributed by atoms with Gasteiger partial charge in [0.25, 0.3) is 5.91 Å². The Labute approximate surface area is 176 Å². The van der Waals surface area contributed by atoms with E-state index in [9.17, 15) is 14.7 Å². The van der Waals surface area contributed by atoms with Gasteiger partial charge in [-0.2, -0.15) is 0 Å². The van der Waals surface area contributed by atoms with Crippen molar-refractivity contribution in [3.63, 3.8) is 0 Å². The summed E-state index contributed by atoms with van der Waals surface area (Å²) in [6, 6.07) is 8.53. The number of fused-ring (bicyclic) bond motifs is 1. The van der Waals surface area contributed by atoms with Crippen molar-refractivity contribution in [1.29, 1.82) is 0 Å². The zero-order valence-corrected chi connectivity index (χ0v) is 17.4. The SMILES string of the molecule is C=C(C)C(C(=O)O)N1C(=O)C2(CC(Cl)(Cl)Cl)N=C(Cc3ccccc3)SC12. The summed E-state index contributed by atoms with van der Waals surface area (Å²) in [5.41, 5.74) is 0.126. The average molecular weight is 448 g/mol. The fourth-order valence-corrected chi connectivity index (χ4v) is 5.51.